The van der Waals surface area contributed by atoms with Crippen LogP contribution in [0.3, 0.4) is 0 Å². The number of nitrogens with one attached hydrogen (secondary N) is 1. The third kappa shape index (κ3) is 4.69. The Morgan fingerprint density at radius 3 is 2.67 bits per heavy atom. The van der Waals surface area contributed by atoms with Crippen LogP contribution in [0.2, 0.25) is 0 Å². The van der Waals surface area contributed by atoms with Crippen molar-refractivity contribution in [3.63, 3.8) is 0 Å². The standard InChI is InChI=1S/C21H29N3O6/c1-23-6-8-24(9-7-23)20(26)11-15-3-4-16(19(12-25)30-15)22-21(27)14-2-5-17-18(10-14)29-13-28-17/h2,5,10,15-16,19,25H,3-4,6-9,11-13H2,1H3,(H,22,27)/t15-,16-,19+/m1/s1. The van der Waals surface area contributed by atoms with Crippen LogP contribution in [0, 0.1) is 0 Å². The van der Waals surface area contributed by atoms with Crippen LogP contribution in [0.15, 0.2) is 18.2 Å². The van der Waals surface area contributed by atoms with Gasteiger partial charge in [0.25, 0.3) is 5.91 Å². The van der Waals surface area contributed by atoms with E-state index in [0.717, 1.165) is 26.2 Å². The number of hydrogen-bond acceptors (Lipinski definition) is 7. The van der Waals surface area contributed by atoms with Gasteiger partial charge >= 0.3 is 0 Å². The molecule has 0 aliphatic carbocycles. The van der Waals surface area contributed by atoms with Crippen molar-refractivity contribution in [3.8, 4) is 11.5 Å². The first-order valence-electron chi connectivity index (χ1n) is 10.5. The minimum Gasteiger partial charge on any atom is -0.454 e. The topological polar surface area (TPSA) is 101 Å². The number of likely N-dealkylation sites (N-methyl/N-ethyl adjacent to an activating group) is 1. The van der Waals surface area contributed by atoms with Crippen molar-refractivity contribution in [2.24, 2.45) is 0 Å². The fourth-order valence-electron chi connectivity index (χ4n) is 4.12. The van der Waals surface area contributed by atoms with Crippen LogP contribution in [0.25, 0.3) is 0 Å². The molecule has 2 saturated heterocycles. The second-order valence-electron chi connectivity index (χ2n) is 8.09. The van der Waals surface area contributed by atoms with Gasteiger partial charge in [0.2, 0.25) is 12.7 Å². The smallest absolute Gasteiger partial charge is 0.251 e. The fraction of sp³-hybridized carbons (Fsp3) is 0.619. The summed E-state index contributed by atoms with van der Waals surface area (Å²) in [6.07, 6.45) is 0.822. The molecule has 9 nitrogen and oxygen atoms in total. The van der Waals surface area contributed by atoms with Crippen LogP contribution in [0.4, 0.5) is 0 Å². The van der Waals surface area contributed by atoms with Crippen LogP contribution in [0.5, 0.6) is 11.5 Å². The summed E-state index contributed by atoms with van der Waals surface area (Å²) in [5.41, 5.74) is 0.461. The molecule has 3 heterocycles. The Morgan fingerprint density at radius 1 is 1.13 bits per heavy atom. The van der Waals surface area contributed by atoms with Gasteiger partial charge in [0.05, 0.1) is 25.2 Å². The van der Waals surface area contributed by atoms with E-state index in [4.69, 9.17) is 14.2 Å². The van der Waals surface area contributed by atoms with Gasteiger partial charge in [-0.25, -0.2) is 0 Å². The molecule has 2 fully saturated rings. The molecule has 2 amide bonds. The van der Waals surface area contributed by atoms with E-state index in [-0.39, 0.29) is 37.4 Å². The van der Waals surface area contributed by atoms with E-state index in [0.29, 0.717) is 36.3 Å². The maximum atomic E-state index is 12.7. The summed E-state index contributed by atoms with van der Waals surface area (Å²) in [4.78, 5) is 29.3. The third-order valence-electron chi connectivity index (χ3n) is 6.01. The van der Waals surface area contributed by atoms with E-state index in [1.54, 1.807) is 18.2 Å². The number of rotatable bonds is 5. The third-order valence-corrected chi connectivity index (χ3v) is 6.01. The first-order chi connectivity index (χ1) is 14.5. The molecular formula is C21H29N3O6. The summed E-state index contributed by atoms with van der Waals surface area (Å²) in [6.45, 7) is 3.16. The van der Waals surface area contributed by atoms with E-state index < -0.39 is 6.10 Å². The van der Waals surface area contributed by atoms with Gasteiger partial charge in [-0.1, -0.05) is 0 Å². The van der Waals surface area contributed by atoms with Crippen LogP contribution in [-0.4, -0.2) is 91.6 Å². The lowest BCUT2D eigenvalue weighted by atomic mass is 9.96. The van der Waals surface area contributed by atoms with E-state index >= 15 is 0 Å². The van der Waals surface area contributed by atoms with Crippen LogP contribution in [-0.2, 0) is 9.53 Å². The number of carbonyl (C=O) groups is 2. The Hall–Kier alpha value is -2.36. The Bertz CT molecular complexity index is 780. The summed E-state index contributed by atoms with van der Waals surface area (Å²) in [6, 6.07) is 4.71. The SMILES string of the molecule is CN1CCN(C(=O)C[C@H]2CC[C@@H](NC(=O)c3ccc4c(c3)OCO4)[C@H](CO)O2)CC1. The van der Waals surface area contributed by atoms with E-state index in [2.05, 4.69) is 17.3 Å². The molecular weight excluding hydrogens is 390 g/mol. The average Bonchev–Trinajstić information content (AvgIpc) is 3.23. The second-order valence-corrected chi connectivity index (χ2v) is 8.09. The monoisotopic (exact) mass is 419 g/mol. The van der Waals surface area contributed by atoms with Crippen LogP contribution >= 0.6 is 0 Å². The molecule has 0 saturated carbocycles. The summed E-state index contributed by atoms with van der Waals surface area (Å²) < 4.78 is 16.6. The van der Waals surface area contributed by atoms with Crippen molar-refractivity contribution in [2.45, 2.75) is 37.5 Å². The lowest BCUT2D eigenvalue weighted by Crippen LogP contribution is -2.52. The second kappa shape index (κ2) is 9.20. The predicted molar refractivity (Wildman–Crippen MR) is 107 cm³/mol. The minimum absolute atomic E-state index is 0.0904. The first kappa shape index (κ1) is 20.9. The van der Waals surface area contributed by atoms with Gasteiger partial charge in [-0.15, -0.1) is 0 Å². The highest BCUT2D eigenvalue weighted by molar-refractivity contribution is 5.95. The van der Waals surface area contributed by atoms with Gasteiger partial charge in [-0.3, -0.25) is 9.59 Å². The molecule has 0 spiro atoms. The number of ether oxygens (including phenoxy) is 3. The molecule has 0 aromatic heterocycles. The minimum atomic E-state index is -0.540. The van der Waals surface area contributed by atoms with Gasteiger partial charge in [0.15, 0.2) is 11.5 Å². The summed E-state index contributed by atoms with van der Waals surface area (Å²) in [5, 5.41) is 12.7. The Balaban J connectivity index is 1.30. The molecule has 4 rings (SSSR count). The largest absolute Gasteiger partial charge is 0.454 e. The van der Waals surface area contributed by atoms with Gasteiger partial charge in [-0.2, -0.15) is 0 Å². The van der Waals surface area contributed by atoms with Crippen molar-refractivity contribution in [3.05, 3.63) is 23.8 Å². The molecule has 30 heavy (non-hydrogen) atoms. The molecule has 1 aromatic rings. The van der Waals surface area contributed by atoms with Crippen molar-refractivity contribution >= 4 is 11.8 Å². The highest BCUT2D eigenvalue weighted by atomic mass is 16.7. The summed E-state index contributed by atoms with van der Waals surface area (Å²) in [5.74, 6) is 0.998. The predicted octanol–water partition coefficient (Wildman–Crippen LogP) is 0.218. The van der Waals surface area contributed by atoms with E-state index in [1.165, 1.54) is 0 Å². The van der Waals surface area contributed by atoms with Crippen LogP contribution in [0.1, 0.15) is 29.6 Å². The number of fused-ring (bicyclic) bond motifs is 1. The van der Waals surface area contributed by atoms with Crippen molar-refractivity contribution < 1.29 is 28.9 Å². The lowest BCUT2D eigenvalue weighted by molar-refractivity contribution is -0.141. The molecule has 0 radical (unpaired) electrons. The van der Waals surface area contributed by atoms with Crippen molar-refractivity contribution in [1.82, 2.24) is 15.1 Å². The first-order valence-corrected chi connectivity index (χ1v) is 10.5. The number of nitrogens with zero attached hydrogens (tertiary/aromatic N) is 2. The average molecular weight is 419 g/mol. The quantitative estimate of drug-likeness (QED) is 0.704. The number of piperazine rings is 1. The van der Waals surface area contributed by atoms with E-state index in [1.807, 2.05) is 4.90 Å². The maximum Gasteiger partial charge on any atom is 0.251 e. The molecule has 3 aliphatic rings. The van der Waals surface area contributed by atoms with Crippen LogP contribution < -0.4 is 14.8 Å². The van der Waals surface area contributed by atoms with Gasteiger partial charge in [-0.05, 0) is 38.1 Å². The Morgan fingerprint density at radius 2 is 1.90 bits per heavy atom. The zero-order valence-corrected chi connectivity index (χ0v) is 17.2. The van der Waals surface area contributed by atoms with Crippen molar-refractivity contribution in [2.75, 3.05) is 46.6 Å². The Kier molecular flexibility index (Phi) is 6.40. The summed E-state index contributed by atoms with van der Waals surface area (Å²) in [7, 11) is 2.05. The molecule has 164 valence electrons. The molecule has 2 N–H and O–H groups in total. The van der Waals surface area contributed by atoms with Crippen molar-refractivity contribution in [1.29, 1.82) is 0 Å². The number of aliphatic hydroxyl groups excluding tert-OH is 1. The number of benzene rings is 1. The van der Waals surface area contributed by atoms with Gasteiger partial charge in [0.1, 0.15) is 6.10 Å². The fourth-order valence-corrected chi connectivity index (χ4v) is 4.12. The van der Waals surface area contributed by atoms with Gasteiger partial charge in [0, 0.05) is 31.7 Å². The van der Waals surface area contributed by atoms with E-state index in [9.17, 15) is 14.7 Å². The van der Waals surface area contributed by atoms with Gasteiger partial charge < -0.3 is 34.4 Å². The summed E-state index contributed by atoms with van der Waals surface area (Å²) >= 11 is 0. The Labute approximate surface area is 175 Å². The highest BCUT2D eigenvalue weighted by Gasteiger charge is 2.34. The number of aliphatic hydroxyl groups is 1. The zero-order valence-electron chi connectivity index (χ0n) is 17.2. The number of hydrogen-bond donors (Lipinski definition) is 2. The molecule has 3 aliphatic heterocycles. The molecule has 0 unspecified atom stereocenters. The normalized spacial score (nSPS) is 26.5. The number of carbonyl (C=O) groups excluding carboxylic acids is 2. The molecule has 1 aromatic carbocycles. The molecule has 9 heteroatoms. The molecule has 3 atom stereocenters. The highest BCUT2D eigenvalue weighted by Crippen LogP contribution is 2.32. The lowest BCUT2D eigenvalue weighted by Gasteiger charge is -2.37. The molecule has 0 bridgehead atoms. The zero-order chi connectivity index (χ0) is 21.1. The number of amides is 2. The maximum absolute atomic E-state index is 12.7.